The predicted octanol–water partition coefficient (Wildman–Crippen LogP) is 2.26. The monoisotopic (exact) mass is 580 g/mol. The molecule has 0 atom stereocenters. The molecule has 3 heterocycles. The molecule has 4 aromatic rings. The maximum absolute atomic E-state index is 12.8. The van der Waals surface area contributed by atoms with E-state index in [0.717, 1.165) is 53.9 Å². The van der Waals surface area contributed by atoms with Gasteiger partial charge in [0.15, 0.2) is 5.82 Å². The van der Waals surface area contributed by atoms with Crippen LogP contribution in [0.5, 0.6) is 5.75 Å². The van der Waals surface area contributed by atoms with Crippen molar-refractivity contribution in [3.63, 3.8) is 0 Å². The smallest absolute Gasteiger partial charge is 0.223 e. The summed E-state index contributed by atoms with van der Waals surface area (Å²) in [6.07, 6.45) is 4.64. The van der Waals surface area contributed by atoms with Crippen molar-refractivity contribution in [1.29, 1.82) is 0 Å². The number of anilines is 1. The number of aromatic amines is 1. The molecule has 6 N–H and O–H groups in total. The van der Waals surface area contributed by atoms with E-state index in [1.807, 2.05) is 24.3 Å². The molecule has 0 aliphatic heterocycles. The lowest BCUT2D eigenvalue weighted by molar-refractivity contribution is -0.126. The van der Waals surface area contributed by atoms with Crippen molar-refractivity contribution in [3.05, 3.63) is 36.4 Å². The first-order chi connectivity index (χ1) is 20.6. The van der Waals surface area contributed by atoms with Crippen LogP contribution in [0.3, 0.4) is 0 Å². The number of carbonyl (C=O) groups is 1. The second-order valence-corrected chi connectivity index (χ2v) is 10.3. The second-order valence-electron chi connectivity index (χ2n) is 10.3. The van der Waals surface area contributed by atoms with Crippen LogP contribution in [-0.4, -0.2) is 90.3 Å². The first-order valence-corrected chi connectivity index (χ1v) is 14.5. The van der Waals surface area contributed by atoms with Gasteiger partial charge in [-0.05, 0) is 37.8 Å². The number of hydrogen-bond donors (Lipinski definition) is 4. The van der Waals surface area contributed by atoms with Crippen LogP contribution < -0.4 is 21.5 Å². The summed E-state index contributed by atoms with van der Waals surface area (Å²) in [5.41, 5.74) is 14.8. The van der Waals surface area contributed by atoms with E-state index in [1.165, 1.54) is 6.33 Å². The highest BCUT2D eigenvalue weighted by Crippen LogP contribution is 2.39. The third kappa shape index (κ3) is 6.81. The summed E-state index contributed by atoms with van der Waals surface area (Å²) in [4.78, 5) is 25.5. The van der Waals surface area contributed by atoms with E-state index >= 15 is 0 Å². The van der Waals surface area contributed by atoms with E-state index in [4.69, 9.17) is 35.4 Å². The summed E-state index contributed by atoms with van der Waals surface area (Å²) in [5.74, 6) is 2.13. The third-order valence-corrected chi connectivity index (χ3v) is 7.59. The molecule has 226 valence electrons. The number of amides is 1. The molecule has 0 unspecified atom stereocenters. The van der Waals surface area contributed by atoms with Gasteiger partial charge in [0.05, 0.1) is 58.0 Å². The number of fused-ring (bicyclic) bond motifs is 2. The van der Waals surface area contributed by atoms with Crippen LogP contribution in [-0.2, 0) is 19.0 Å². The zero-order chi connectivity index (χ0) is 29.3. The van der Waals surface area contributed by atoms with Gasteiger partial charge in [0.25, 0.3) is 0 Å². The van der Waals surface area contributed by atoms with Gasteiger partial charge in [-0.2, -0.15) is 5.10 Å². The minimum absolute atomic E-state index is 0.0373. The second kappa shape index (κ2) is 14.4. The number of H-pyrrole nitrogens is 1. The number of nitrogens with one attached hydrogen (secondary N) is 2. The van der Waals surface area contributed by atoms with Crippen LogP contribution in [0, 0.1) is 5.92 Å². The number of rotatable bonds is 15. The Balaban J connectivity index is 1.15. The van der Waals surface area contributed by atoms with Gasteiger partial charge in [0, 0.05) is 30.3 Å². The quantitative estimate of drug-likeness (QED) is 0.153. The molecule has 1 saturated carbocycles. The minimum atomic E-state index is -0.0373. The van der Waals surface area contributed by atoms with Gasteiger partial charge in [-0.15, -0.1) is 0 Å². The fourth-order valence-corrected chi connectivity index (χ4v) is 5.49. The number of methoxy groups -OCH3 is 1. The maximum Gasteiger partial charge on any atom is 0.223 e. The maximum atomic E-state index is 12.8. The van der Waals surface area contributed by atoms with Crippen molar-refractivity contribution >= 4 is 28.1 Å². The standard InChI is InChI=1S/C29H40N8O5/c1-39-23-4-2-3-21-17-22(35-24(21)23)25-26-27(31)33-18-34-37(26)28(36-25)19-5-7-20(8-6-19)29(38)32-10-12-41-14-16-42-15-13-40-11-9-30/h2-4,17-20,35H,5-16,30H2,1H3,(H,32,38)(H2,31,33,34)/t19-,20-. The Morgan fingerprint density at radius 3 is 2.55 bits per heavy atom. The first kappa shape index (κ1) is 29.7. The third-order valence-electron chi connectivity index (χ3n) is 7.59. The number of benzene rings is 1. The predicted molar refractivity (Wildman–Crippen MR) is 158 cm³/mol. The topological polar surface area (TPSA) is 177 Å². The number of nitrogens with two attached hydrogens (primary N) is 2. The Morgan fingerprint density at radius 1 is 1.07 bits per heavy atom. The molecule has 1 amide bonds. The van der Waals surface area contributed by atoms with Crippen molar-refractivity contribution in [1.82, 2.24) is 29.9 Å². The largest absolute Gasteiger partial charge is 0.495 e. The molecule has 1 fully saturated rings. The van der Waals surface area contributed by atoms with Gasteiger partial charge in [-0.3, -0.25) is 4.79 Å². The molecule has 0 radical (unpaired) electrons. The fraction of sp³-hybridized carbons (Fsp3) is 0.517. The molecule has 1 aliphatic rings. The van der Waals surface area contributed by atoms with Crippen LogP contribution in [0.15, 0.2) is 30.6 Å². The van der Waals surface area contributed by atoms with Crippen molar-refractivity contribution in [2.24, 2.45) is 11.7 Å². The van der Waals surface area contributed by atoms with Crippen molar-refractivity contribution in [2.75, 3.05) is 65.6 Å². The molecule has 5 rings (SSSR count). The zero-order valence-electron chi connectivity index (χ0n) is 24.0. The van der Waals surface area contributed by atoms with Gasteiger partial charge in [-0.25, -0.2) is 14.5 Å². The minimum Gasteiger partial charge on any atom is -0.495 e. The molecular formula is C29H40N8O5. The molecule has 13 heteroatoms. The molecule has 0 saturated heterocycles. The number of para-hydroxylation sites is 1. The number of aromatic nitrogens is 5. The summed E-state index contributed by atoms with van der Waals surface area (Å²) in [6.45, 7) is 3.95. The normalized spacial score (nSPS) is 17.2. The fourth-order valence-electron chi connectivity index (χ4n) is 5.49. The van der Waals surface area contributed by atoms with E-state index in [2.05, 4.69) is 20.4 Å². The van der Waals surface area contributed by atoms with E-state index in [9.17, 15) is 4.79 Å². The average Bonchev–Trinajstić information content (AvgIpc) is 3.62. The number of nitrogen functional groups attached to an aromatic ring is 1. The molecule has 1 aliphatic carbocycles. The van der Waals surface area contributed by atoms with Crippen LogP contribution >= 0.6 is 0 Å². The van der Waals surface area contributed by atoms with Gasteiger partial charge in [0.1, 0.15) is 29.1 Å². The lowest BCUT2D eigenvalue weighted by atomic mass is 9.81. The highest BCUT2D eigenvalue weighted by Gasteiger charge is 2.31. The Morgan fingerprint density at radius 2 is 1.81 bits per heavy atom. The van der Waals surface area contributed by atoms with Crippen molar-refractivity contribution < 1.29 is 23.7 Å². The van der Waals surface area contributed by atoms with E-state index in [0.29, 0.717) is 69.8 Å². The Kier molecular flexibility index (Phi) is 10.2. The number of nitrogens with zero attached hydrogens (tertiary/aromatic N) is 4. The highest BCUT2D eigenvalue weighted by molar-refractivity contribution is 5.93. The molecule has 13 nitrogen and oxygen atoms in total. The van der Waals surface area contributed by atoms with Crippen molar-refractivity contribution in [2.45, 2.75) is 31.6 Å². The molecular weight excluding hydrogens is 540 g/mol. The summed E-state index contributed by atoms with van der Waals surface area (Å²) in [7, 11) is 1.65. The molecule has 42 heavy (non-hydrogen) atoms. The lowest BCUT2D eigenvalue weighted by Crippen LogP contribution is -2.35. The lowest BCUT2D eigenvalue weighted by Gasteiger charge is -2.26. The number of ether oxygens (including phenoxy) is 4. The van der Waals surface area contributed by atoms with Crippen LogP contribution in [0.4, 0.5) is 5.82 Å². The Labute approximate surface area is 244 Å². The van der Waals surface area contributed by atoms with Crippen LogP contribution in [0.2, 0.25) is 0 Å². The molecule has 3 aromatic heterocycles. The van der Waals surface area contributed by atoms with E-state index < -0.39 is 0 Å². The first-order valence-electron chi connectivity index (χ1n) is 14.5. The van der Waals surface area contributed by atoms with Crippen molar-refractivity contribution in [3.8, 4) is 17.1 Å². The number of hydrogen-bond acceptors (Lipinski definition) is 10. The van der Waals surface area contributed by atoms with Crippen LogP contribution in [0.25, 0.3) is 27.8 Å². The van der Waals surface area contributed by atoms with Gasteiger partial charge in [0.2, 0.25) is 5.91 Å². The van der Waals surface area contributed by atoms with Gasteiger partial charge >= 0.3 is 0 Å². The summed E-state index contributed by atoms with van der Waals surface area (Å²) in [5, 5.41) is 8.53. The Bertz CT molecular complexity index is 1460. The van der Waals surface area contributed by atoms with E-state index in [1.54, 1.807) is 11.6 Å². The number of carbonyl (C=O) groups excluding carboxylic acids is 1. The van der Waals surface area contributed by atoms with Crippen LogP contribution in [0.1, 0.15) is 37.4 Å². The molecule has 0 spiro atoms. The van der Waals surface area contributed by atoms with E-state index in [-0.39, 0.29) is 17.7 Å². The summed E-state index contributed by atoms with van der Waals surface area (Å²) < 4.78 is 23.6. The van der Waals surface area contributed by atoms with Gasteiger partial charge in [-0.1, -0.05) is 12.1 Å². The molecule has 1 aromatic carbocycles. The number of imidazole rings is 1. The highest BCUT2D eigenvalue weighted by atomic mass is 16.5. The average molecular weight is 581 g/mol. The summed E-state index contributed by atoms with van der Waals surface area (Å²) in [6, 6.07) is 7.92. The SMILES string of the molecule is COc1cccc2cc(-c3nc([C@H]4CC[C@H](C(=O)NCCOCCOCCOCCN)CC4)n4ncnc(N)c34)[nH]c12. The summed E-state index contributed by atoms with van der Waals surface area (Å²) >= 11 is 0. The zero-order valence-corrected chi connectivity index (χ0v) is 24.0. The Hall–Kier alpha value is -3.78. The van der Waals surface area contributed by atoms with Gasteiger partial charge < -0.3 is 40.7 Å². The molecule has 0 bridgehead atoms.